The molecule has 0 aliphatic rings. The van der Waals surface area contributed by atoms with Crippen molar-refractivity contribution in [1.82, 2.24) is 9.78 Å². The van der Waals surface area contributed by atoms with Crippen LogP contribution < -0.4 is 0 Å². The first-order chi connectivity index (χ1) is 5.86. The van der Waals surface area contributed by atoms with E-state index in [-0.39, 0.29) is 5.82 Å². The number of halogens is 1. The number of aromatic nitrogens is 2. The van der Waals surface area contributed by atoms with E-state index < -0.39 is 0 Å². The van der Waals surface area contributed by atoms with Crippen LogP contribution in [0.3, 0.4) is 0 Å². The van der Waals surface area contributed by atoms with E-state index in [0.29, 0.717) is 5.69 Å². The van der Waals surface area contributed by atoms with Crippen LogP contribution in [0.4, 0.5) is 4.39 Å². The van der Waals surface area contributed by atoms with Crippen LogP contribution in [0.15, 0.2) is 36.7 Å². The largest absolute Gasteiger partial charge is 0.240 e. The van der Waals surface area contributed by atoms with Crippen LogP contribution in [0.1, 0.15) is 0 Å². The van der Waals surface area contributed by atoms with Gasteiger partial charge in [-0.1, -0.05) is 6.07 Å². The van der Waals surface area contributed by atoms with Gasteiger partial charge in [0.15, 0.2) is 0 Å². The molecule has 0 N–H and O–H groups in total. The third-order valence-corrected chi connectivity index (χ3v) is 1.50. The van der Waals surface area contributed by atoms with Crippen molar-refractivity contribution in [3.8, 4) is 5.69 Å². The van der Waals surface area contributed by atoms with Crippen LogP contribution in [0.25, 0.3) is 5.69 Å². The Bertz CT molecular complexity index is 368. The molecule has 0 saturated heterocycles. The molecule has 59 valence electrons. The summed E-state index contributed by atoms with van der Waals surface area (Å²) in [6.45, 7) is 0. The number of rotatable bonds is 1. The second-order valence-corrected chi connectivity index (χ2v) is 2.33. The van der Waals surface area contributed by atoms with Crippen molar-refractivity contribution in [2.24, 2.45) is 0 Å². The summed E-state index contributed by atoms with van der Waals surface area (Å²) in [7, 11) is 0. The zero-order valence-electron chi connectivity index (χ0n) is 6.24. The molecule has 12 heavy (non-hydrogen) atoms. The molecule has 0 aliphatic carbocycles. The maximum Gasteiger partial charge on any atom is 0.133 e. The molecule has 2 nitrogen and oxygen atoms in total. The van der Waals surface area contributed by atoms with Crippen LogP contribution in [-0.2, 0) is 0 Å². The van der Waals surface area contributed by atoms with E-state index in [1.165, 1.54) is 6.07 Å². The maximum atomic E-state index is 12.7. The zero-order chi connectivity index (χ0) is 8.39. The fraction of sp³-hybridized carbons (Fsp3) is 0. The molecule has 0 bridgehead atoms. The quantitative estimate of drug-likeness (QED) is 0.623. The van der Waals surface area contributed by atoms with Gasteiger partial charge in [-0.05, 0) is 18.2 Å². The minimum absolute atomic E-state index is 0.372. The molecule has 1 heterocycles. The van der Waals surface area contributed by atoms with Crippen molar-refractivity contribution in [3.05, 3.63) is 48.5 Å². The molecule has 1 radical (unpaired) electrons. The lowest BCUT2D eigenvalue weighted by atomic mass is 10.3. The smallest absolute Gasteiger partial charge is 0.133 e. The van der Waals surface area contributed by atoms with E-state index in [1.807, 2.05) is 0 Å². The first kappa shape index (κ1) is 7.03. The molecule has 2 aromatic rings. The molecule has 3 heteroatoms. The van der Waals surface area contributed by atoms with Crippen molar-refractivity contribution in [2.75, 3.05) is 0 Å². The predicted molar refractivity (Wildman–Crippen MR) is 42.4 cm³/mol. The van der Waals surface area contributed by atoms with Gasteiger partial charge in [0.25, 0.3) is 0 Å². The van der Waals surface area contributed by atoms with E-state index >= 15 is 0 Å². The van der Waals surface area contributed by atoms with Gasteiger partial charge in [0.2, 0.25) is 0 Å². The molecule has 0 atom stereocenters. The van der Waals surface area contributed by atoms with Gasteiger partial charge < -0.3 is 0 Å². The van der Waals surface area contributed by atoms with Crippen LogP contribution in [-0.4, -0.2) is 9.78 Å². The highest BCUT2D eigenvalue weighted by Gasteiger charge is 1.96. The normalized spacial score (nSPS) is 10.1. The fourth-order valence-corrected chi connectivity index (χ4v) is 0.974. The van der Waals surface area contributed by atoms with Crippen LogP contribution in [0.5, 0.6) is 0 Å². The van der Waals surface area contributed by atoms with E-state index in [2.05, 4.69) is 11.2 Å². The molecule has 2 rings (SSSR count). The third kappa shape index (κ3) is 1.21. The Kier molecular flexibility index (Phi) is 1.63. The van der Waals surface area contributed by atoms with E-state index in [4.69, 9.17) is 0 Å². The lowest BCUT2D eigenvalue weighted by molar-refractivity contribution is 0.623. The Labute approximate surface area is 69.3 Å². The highest BCUT2D eigenvalue weighted by molar-refractivity contribution is 5.29. The van der Waals surface area contributed by atoms with Gasteiger partial charge in [0, 0.05) is 18.5 Å². The van der Waals surface area contributed by atoms with E-state index in [0.717, 1.165) is 0 Å². The Balaban J connectivity index is 2.48. The highest BCUT2D eigenvalue weighted by Crippen LogP contribution is 2.06. The van der Waals surface area contributed by atoms with Gasteiger partial charge in [-0.3, -0.25) is 0 Å². The van der Waals surface area contributed by atoms with Gasteiger partial charge in [0.1, 0.15) is 5.82 Å². The van der Waals surface area contributed by atoms with Crippen molar-refractivity contribution in [1.29, 1.82) is 0 Å². The number of nitrogens with zero attached hydrogens (tertiary/aromatic N) is 2. The molecule has 0 saturated carbocycles. The van der Waals surface area contributed by atoms with Crippen LogP contribution in [0, 0.1) is 11.9 Å². The predicted octanol–water partition coefficient (Wildman–Crippen LogP) is 1.81. The molecule has 0 aliphatic heterocycles. The van der Waals surface area contributed by atoms with Crippen molar-refractivity contribution >= 4 is 0 Å². The minimum atomic E-state index is -0.372. The summed E-state index contributed by atoms with van der Waals surface area (Å²) < 4.78 is 14.2. The second kappa shape index (κ2) is 2.77. The van der Waals surface area contributed by atoms with Gasteiger partial charge >= 0.3 is 0 Å². The zero-order valence-corrected chi connectivity index (χ0v) is 6.24. The Hall–Kier alpha value is -1.64. The Morgan fingerprint density at radius 3 is 2.92 bits per heavy atom. The lowest BCUT2D eigenvalue weighted by Crippen LogP contribution is -1.94. The summed E-state index contributed by atoms with van der Waals surface area (Å²) in [5.74, 6) is -0.372. The highest BCUT2D eigenvalue weighted by atomic mass is 19.1. The van der Waals surface area contributed by atoms with E-state index in [1.54, 1.807) is 35.3 Å². The second-order valence-electron chi connectivity index (χ2n) is 2.33. The van der Waals surface area contributed by atoms with Gasteiger partial charge in [-0.2, -0.15) is 5.10 Å². The first-order valence-corrected chi connectivity index (χ1v) is 3.54. The molecular formula is C9H6FN2. The molecule has 0 spiro atoms. The van der Waals surface area contributed by atoms with Crippen molar-refractivity contribution in [3.63, 3.8) is 0 Å². The molecule has 1 aromatic carbocycles. The Morgan fingerprint density at radius 2 is 2.25 bits per heavy atom. The number of benzene rings is 1. The number of hydrogen-bond acceptors (Lipinski definition) is 1. The van der Waals surface area contributed by atoms with Crippen molar-refractivity contribution in [2.45, 2.75) is 0 Å². The average Bonchev–Trinajstić information content (AvgIpc) is 2.56. The minimum Gasteiger partial charge on any atom is -0.240 e. The van der Waals surface area contributed by atoms with Crippen molar-refractivity contribution < 1.29 is 4.39 Å². The van der Waals surface area contributed by atoms with Crippen LogP contribution >= 0.6 is 0 Å². The van der Waals surface area contributed by atoms with E-state index in [9.17, 15) is 4.39 Å². The average molecular weight is 161 g/mol. The fourth-order valence-electron chi connectivity index (χ4n) is 0.974. The van der Waals surface area contributed by atoms with Gasteiger partial charge in [-0.15, -0.1) is 0 Å². The summed E-state index contributed by atoms with van der Waals surface area (Å²) in [5.41, 5.74) is 0.611. The molecule has 0 unspecified atom stereocenters. The van der Waals surface area contributed by atoms with Crippen LogP contribution in [0.2, 0.25) is 0 Å². The molecule has 1 aromatic heterocycles. The summed E-state index contributed by atoms with van der Waals surface area (Å²) >= 11 is 0. The molecule has 0 fully saturated rings. The summed E-state index contributed by atoms with van der Waals surface area (Å²) in [6.07, 6.45) is 3.38. The summed E-state index contributed by atoms with van der Waals surface area (Å²) in [5, 5.41) is 3.95. The monoisotopic (exact) mass is 161 g/mol. The van der Waals surface area contributed by atoms with Gasteiger partial charge in [0.05, 0.1) is 5.69 Å². The number of hydrogen-bond donors (Lipinski definition) is 0. The summed E-state index contributed by atoms with van der Waals surface area (Å²) in [4.78, 5) is 0. The first-order valence-electron chi connectivity index (χ1n) is 3.54. The summed E-state index contributed by atoms with van der Waals surface area (Å²) in [6, 6.07) is 9.05. The van der Waals surface area contributed by atoms with Gasteiger partial charge in [-0.25, -0.2) is 9.07 Å². The standard InChI is InChI=1S/C9H6FN2/c10-8-3-1-4-9(7-8)12-6-2-5-11-12/h1-6H. The maximum absolute atomic E-state index is 12.7. The SMILES string of the molecule is Fc1[c]c(-n2cccn2)ccc1. The lowest BCUT2D eigenvalue weighted by Gasteiger charge is -1.98. The molecule has 0 amide bonds. The Morgan fingerprint density at radius 1 is 1.33 bits per heavy atom. The molecular weight excluding hydrogens is 155 g/mol. The third-order valence-electron chi connectivity index (χ3n) is 1.50. The topological polar surface area (TPSA) is 17.8 Å².